The van der Waals surface area contributed by atoms with Gasteiger partial charge in [0.15, 0.2) is 5.69 Å². The standard InChI is InChI=1S/C19H12N6O4/c1-10-12(9-20)18-21-13-4-2-3-5-15(13)24(18)19(27)17(10)23-22-14-7-6-11(25(28)29)8-16(14)26/h2-8,21,26H,1H3. The fourth-order valence-electron chi connectivity index (χ4n) is 3.09. The molecule has 2 aromatic carbocycles. The average molecular weight is 388 g/mol. The molecule has 2 aromatic heterocycles. The Labute approximate surface area is 162 Å². The molecule has 4 aromatic rings. The number of aromatic hydroxyl groups is 1. The van der Waals surface area contributed by atoms with E-state index in [0.29, 0.717) is 22.2 Å². The number of nitrogens with one attached hydrogen (secondary N) is 1. The van der Waals surface area contributed by atoms with Gasteiger partial charge < -0.3 is 10.1 Å². The number of H-pyrrole nitrogens is 1. The van der Waals surface area contributed by atoms with E-state index in [0.717, 1.165) is 12.1 Å². The first kappa shape index (κ1) is 17.9. The summed E-state index contributed by atoms with van der Waals surface area (Å²) in [5.74, 6) is -0.450. The number of imidazole rings is 1. The van der Waals surface area contributed by atoms with Crippen LogP contribution in [-0.4, -0.2) is 19.4 Å². The zero-order valence-electron chi connectivity index (χ0n) is 14.9. The van der Waals surface area contributed by atoms with Crippen LogP contribution in [0.2, 0.25) is 0 Å². The van der Waals surface area contributed by atoms with Crippen LogP contribution in [0.3, 0.4) is 0 Å². The number of aromatic nitrogens is 2. The van der Waals surface area contributed by atoms with E-state index in [1.807, 2.05) is 0 Å². The van der Waals surface area contributed by atoms with Crippen molar-refractivity contribution < 1.29 is 10.0 Å². The van der Waals surface area contributed by atoms with E-state index < -0.39 is 16.2 Å². The molecule has 0 unspecified atom stereocenters. The molecule has 0 radical (unpaired) electrons. The molecule has 0 amide bonds. The van der Waals surface area contributed by atoms with Gasteiger partial charge in [-0.2, -0.15) is 5.26 Å². The van der Waals surface area contributed by atoms with Gasteiger partial charge in [0.2, 0.25) is 0 Å². The van der Waals surface area contributed by atoms with Crippen molar-refractivity contribution in [3.63, 3.8) is 0 Å². The summed E-state index contributed by atoms with van der Waals surface area (Å²) in [6.07, 6.45) is 0. The number of aromatic amines is 1. The molecule has 0 aliphatic rings. The Bertz CT molecular complexity index is 1440. The lowest BCUT2D eigenvalue weighted by Crippen LogP contribution is -2.14. The second-order valence-electron chi connectivity index (χ2n) is 6.22. The molecular weight excluding hydrogens is 376 g/mol. The smallest absolute Gasteiger partial charge is 0.284 e. The summed E-state index contributed by atoms with van der Waals surface area (Å²) < 4.78 is 1.35. The molecule has 10 heteroatoms. The Morgan fingerprint density at radius 3 is 2.69 bits per heavy atom. The lowest BCUT2D eigenvalue weighted by atomic mass is 10.1. The largest absolute Gasteiger partial charge is 0.505 e. The quantitative estimate of drug-likeness (QED) is 0.309. The second kappa shape index (κ2) is 6.58. The first-order chi connectivity index (χ1) is 13.9. The number of nitro groups is 1. The maximum Gasteiger partial charge on any atom is 0.284 e. The van der Waals surface area contributed by atoms with Gasteiger partial charge in [-0.15, -0.1) is 10.2 Å². The monoisotopic (exact) mass is 388 g/mol. The summed E-state index contributed by atoms with van der Waals surface area (Å²) in [5.41, 5.74) is 1.29. The third kappa shape index (κ3) is 2.78. The summed E-state index contributed by atoms with van der Waals surface area (Å²) in [6.45, 7) is 1.58. The number of phenols is 1. The van der Waals surface area contributed by atoms with Crippen LogP contribution in [0.15, 0.2) is 57.5 Å². The van der Waals surface area contributed by atoms with Gasteiger partial charge >= 0.3 is 0 Å². The zero-order chi connectivity index (χ0) is 20.7. The lowest BCUT2D eigenvalue weighted by molar-refractivity contribution is -0.384. The topological polar surface area (TPSA) is 149 Å². The Morgan fingerprint density at radius 2 is 2.00 bits per heavy atom. The number of nitro benzene ring substituents is 1. The van der Waals surface area contributed by atoms with Crippen molar-refractivity contribution in [1.82, 2.24) is 9.38 Å². The van der Waals surface area contributed by atoms with Gasteiger partial charge in [0, 0.05) is 11.6 Å². The Balaban J connectivity index is 1.94. The number of nitrogens with zero attached hydrogens (tertiary/aromatic N) is 5. The van der Waals surface area contributed by atoms with Crippen LogP contribution in [0, 0.1) is 28.4 Å². The summed E-state index contributed by atoms with van der Waals surface area (Å²) in [6, 6.07) is 12.5. The van der Waals surface area contributed by atoms with Gasteiger partial charge in [-0.25, -0.2) is 0 Å². The van der Waals surface area contributed by atoms with Crippen LogP contribution < -0.4 is 5.56 Å². The zero-order valence-corrected chi connectivity index (χ0v) is 14.9. The Morgan fingerprint density at radius 1 is 1.24 bits per heavy atom. The number of hydrogen-bond acceptors (Lipinski definition) is 7. The highest BCUT2D eigenvalue weighted by atomic mass is 16.6. The highest BCUT2D eigenvalue weighted by Gasteiger charge is 2.18. The maximum atomic E-state index is 13.1. The normalized spacial score (nSPS) is 11.3. The van der Waals surface area contributed by atoms with E-state index in [1.165, 1.54) is 10.5 Å². The maximum absolute atomic E-state index is 13.1. The number of rotatable bonds is 3. The molecule has 0 aliphatic heterocycles. The number of phenolic OH excluding ortho intramolecular Hbond substituents is 1. The van der Waals surface area contributed by atoms with Gasteiger partial charge in [0.05, 0.1) is 27.6 Å². The molecule has 0 aliphatic carbocycles. The molecule has 0 fully saturated rings. The van der Waals surface area contributed by atoms with E-state index in [1.54, 1.807) is 31.2 Å². The fraction of sp³-hybridized carbons (Fsp3) is 0.0526. The molecule has 10 nitrogen and oxygen atoms in total. The van der Waals surface area contributed by atoms with Crippen molar-refractivity contribution in [3.8, 4) is 11.8 Å². The van der Waals surface area contributed by atoms with Gasteiger partial charge in [0.25, 0.3) is 11.2 Å². The number of para-hydroxylation sites is 2. The van der Waals surface area contributed by atoms with Crippen molar-refractivity contribution in [1.29, 1.82) is 5.26 Å². The summed E-state index contributed by atoms with van der Waals surface area (Å²) in [7, 11) is 0. The Kier molecular flexibility index (Phi) is 4.05. The summed E-state index contributed by atoms with van der Waals surface area (Å²) >= 11 is 0. The van der Waals surface area contributed by atoms with E-state index in [-0.39, 0.29) is 22.6 Å². The van der Waals surface area contributed by atoms with Crippen LogP contribution in [0.4, 0.5) is 17.1 Å². The van der Waals surface area contributed by atoms with E-state index in [4.69, 9.17) is 0 Å². The SMILES string of the molecule is Cc1c(N=Nc2ccc([N+](=O)[O-])cc2O)c(=O)n2c([nH]c3ccccc32)c1C#N. The van der Waals surface area contributed by atoms with Crippen molar-refractivity contribution >= 4 is 33.7 Å². The number of azo groups is 1. The van der Waals surface area contributed by atoms with Crippen LogP contribution in [0.5, 0.6) is 5.75 Å². The van der Waals surface area contributed by atoms with E-state index >= 15 is 0 Å². The minimum absolute atomic E-state index is 0.0445. The fourth-order valence-corrected chi connectivity index (χ4v) is 3.09. The number of hydrogen-bond donors (Lipinski definition) is 2. The first-order valence-electron chi connectivity index (χ1n) is 8.37. The average Bonchev–Trinajstić information content (AvgIpc) is 3.08. The number of fused-ring (bicyclic) bond motifs is 3. The summed E-state index contributed by atoms with van der Waals surface area (Å²) in [5, 5.41) is 38.1. The third-order valence-corrected chi connectivity index (χ3v) is 4.53. The minimum atomic E-state index is -0.651. The molecule has 0 atom stereocenters. The number of non-ortho nitro benzene ring substituents is 1. The molecule has 0 saturated heterocycles. The van der Waals surface area contributed by atoms with Crippen LogP contribution in [0.25, 0.3) is 16.7 Å². The molecule has 0 spiro atoms. The van der Waals surface area contributed by atoms with Crippen LogP contribution in [0.1, 0.15) is 11.1 Å². The molecule has 142 valence electrons. The van der Waals surface area contributed by atoms with Crippen molar-refractivity contribution in [3.05, 3.63) is 74.1 Å². The van der Waals surface area contributed by atoms with E-state index in [9.17, 15) is 25.3 Å². The molecule has 2 heterocycles. The summed E-state index contributed by atoms with van der Waals surface area (Å²) in [4.78, 5) is 26.3. The van der Waals surface area contributed by atoms with E-state index in [2.05, 4.69) is 21.3 Å². The van der Waals surface area contributed by atoms with Crippen LogP contribution in [-0.2, 0) is 0 Å². The molecule has 2 N–H and O–H groups in total. The van der Waals surface area contributed by atoms with Gasteiger partial charge in [-0.1, -0.05) is 12.1 Å². The van der Waals surface area contributed by atoms with Gasteiger partial charge in [-0.05, 0) is 25.1 Å². The predicted molar refractivity (Wildman–Crippen MR) is 104 cm³/mol. The molecule has 29 heavy (non-hydrogen) atoms. The highest BCUT2D eigenvalue weighted by Crippen LogP contribution is 2.32. The Hall–Kier alpha value is -4.52. The molecular formula is C19H12N6O4. The van der Waals surface area contributed by atoms with Gasteiger partial charge in [0.1, 0.15) is 23.2 Å². The lowest BCUT2D eigenvalue weighted by Gasteiger charge is -2.05. The van der Waals surface area contributed by atoms with Gasteiger partial charge in [-0.3, -0.25) is 19.3 Å². The molecule has 0 bridgehead atoms. The molecule has 4 rings (SSSR count). The number of pyridine rings is 1. The minimum Gasteiger partial charge on any atom is -0.505 e. The number of benzene rings is 2. The highest BCUT2D eigenvalue weighted by molar-refractivity contribution is 5.83. The van der Waals surface area contributed by atoms with Crippen LogP contribution >= 0.6 is 0 Å². The van der Waals surface area contributed by atoms with Crippen molar-refractivity contribution in [2.75, 3.05) is 0 Å². The van der Waals surface area contributed by atoms with Crippen molar-refractivity contribution in [2.24, 2.45) is 10.2 Å². The molecule has 0 saturated carbocycles. The third-order valence-electron chi connectivity index (χ3n) is 4.53. The second-order valence-corrected chi connectivity index (χ2v) is 6.22. The first-order valence-corrected chi connectivity index (χ1v) is 8.37. The van der Waals surface area contributed by atoms with Crippen molar-refractivity contribution in [2.45, 2.75) is 6.92 Å². The number of nitriles is 1. The predicted octanol–water partition coefficient (Wildman–Crippen LogP) is 3.99.